The Kier molecular flexibility index (Phi) is 3.37. The molecule has 96 valence electrons. The van der Waals surface area contributed by atoms with Gasteiger partial charge in [0.1, 0.15) is 11.3 Å². The van der Waals surface area contributed by atoms with Crippen molar-refractivity contribution in [3.8, 4) is 0 Å². The van der Waals surface area contributed by atoms with E-state index < -0.39 is 0 Å². The smallest absolute Gasteiger partial charge is 0.130 e. The van der Waals surface area contributed by atoms with Gasteiger partial charge in [-0.05, 0) is 25.3 Å². The molecule has 0 N–H and O–H groups in total. The van der Waals surface area contributed by atoms with Crippen LogP contribution in [0, 0.1) is 0 Å². The fraction of sp³-hybridized carbons (Fsp3) is 0.538. The maximum atomic E-state index is 5.89. The van der Waals surface area contributed by atoms with Crippen LogP contribution in [-0.2, 0) is 6.42 Å². The number of aryl methyl sites for hydroxylation is 1. The Bertz CT molecular complexity index is 531. The number of nitrogens with zero attached hydrogens (tertiary/aromatic N) is 4. The van der Waals surface area contributed by atoms with Gasteiger partial charge in [0, 0.05) is 31.6 Å². The van der Waals surface area contributed by atoms with E-state index in [1.807, 2.05) is 18.5 Å². The molecular formula is C13H17ClN4. The van der Waals surface area contributed by atoms with Crippen molar-refractivity contribution in [1.82, 2.24) is 14.6 Å². The topological polar surface area (TPSA) is 34.0 Å². The summed E-state index contributed by atoms with van der Waals surface area (Å²) in [5.41, 5.74) is 2.11. The summed E-state index contributed by atoms with van der Waals surface area (Å²) in [6.45, 7) is 2.20. The van der Waals surface area contributed by atoms with E-state index in [4.69, 9.17) is 11.6 Å². The van der Waals surface area contributed by atoms with Crippen LogP contribution in [-0.4, -0.2) is 33.6 Å². The molecule has 0 bridgehead atoms. The number of halogens is 1. The molecule has 18 heavy (non-hydrogen) atoms. The summed E-state index contributed by atoms with van der Waals surface area (Å²) in [7, 11) is 0. The van der Waals surface area contributed by atoms with E-state index in [-0.39, 0.29) is 0 Å². The molecule has 3 rings (SSSR count). The van der Waals surface area contributed by atoms with Gasteiger partial charge in [-0.15, -0.1) is 11.6 Å². The highest BCUT2D eigenvalue weighted by Crippen LogP contribution is 2.19. The van der Waals surface area contributed by atoms with Crippen LogP contribution >= 0.6 is 11.6 Å². The van der Waals surface area contributed by atoms with Gasteiger partial charge in [-0.25, -0.2) is 9.66 Å². The Morgan fingerprint density at radius 2 is 2.06 bits per heavy atom. The number of alkyl halides is 1. The van der Waals surface area contributed by atoms with Crippen molar-refractivity contribution in [3.63, 3.8) is 0 Å². The minimum absolute atomic E-state index is 0.602. The first-order valence-electron chi connectivity index (χ1n) is 6.52. The van der Waals surface area contributed by atoms with Crippen molar-refractivity contribution in [2.75, 3.05) is 24.0 Å². The van der Waals surface area contributed by atoms with Crippen LogP contribution in [0.4, 0.5) is 0 Å². The fourth-order valence-corrected chi connectivity index (χ4v) is 2.78. The molecule has 2 aromatic rings. The average Bonchev–Trinajstić information content (AvgIpc) is 2.78. The molecular weight excluding hydrogens is 248 g/mol. The monoisotopic (exact) mass is 264 g/mol. The Morgan fingerprint density at radius 1 is 1.22 bits per heavy atom. The Balaban J connectivity index is 2.07. The molecule has 0 aliphatic carbocycles. The SMILES string of the molecule is ClCCc1nc2cnccc2n1N1CCCCC1. The van der Waals surface area contributed by atoms with Crippen LogP contribution in [0.2, 0.25) is 0 Å². The highest BCUT2D eigenvalue weighted by atomic mass is 35.5. The Hall–Kier alpha value is -1.29. The Morgan fingerprint density at radius 3 is 2.83 bits per heavy atom. The van der Waals surface area contributed by atoms with Crippen LogP contribution in [0.25, 0.3) is 11.0 Å². The number of rotatable bonds is 3. The van der Waals surface area contributed by atoms with Gasteiger partial charge in [0.15, 0.2) is 0 Å². The normalized spacial score (nSPS) is 16.4. The van der Waals surface area contributed by atoms with Crippen LogP contribution in [0.3, 0.4) is 0 Å². The molecule has 0 aromatic carbocycles. The second kappa shape index (κ2) is 5.14. The van der Waals surface area contributed by atoms with Gasteiger partial charge in [-0.3, -0.25) is 4.98 Å². The highest BCUT2D eigenvalue weighted by Gasteiger charge is 2.17. The summed E-state index contributed by atoms with van der Waals surface area (Å²) in [6.07, 6.45) is 8.29. The van der Waals surface area contributed by atoms with Gasteiger partial charge < -0.3 is 5.01 Å². The molecule has 4 nitrogen and oxygen atoms in total. The van der Waals surface area contributed by atoms with E-state index in [2.05, 4.69) is 19.7 Å². The first-order chi connectivity index (χ1) is 8.90. The van der Waals surface area contributed by atoms with E-state index in [0.29, 0.717) is 5.88 Å². The lowest BCUT2D eigenvalue weighted by Gasteiger charge is -2.31. The van der Waals surface area contributed by atoms with Gasteiger partial charge >= 0.3 is 0 Å². The van der Waals surface area contributed by atoms with Crippen molar-refractivity contribution in [3.05, 3.63) is 24.3 Å². The standard InChI is InChI=1S/C13H17ClN4/c14-6-4-13-16-11-10-15-7-5-12(11)18(13)17-8-2-1-3-9-17/h5,7,10H,1-4,6,8-9H2. The van der Waals surface area contributed by atoms with Crippen LogP contribution < -0.4 is 5.01 Å². The number of piperidine rings is 1. The number of hydrogen-bond acceptors (Lipinski definition) is 3. The predicted molar refractivity (Wildman–Crippen MR) is 73.8 cm³/mol. The number of hydrogen-bond donors (Lipinski definition) is 0. The second-order valence-electron chi connectivity index (χ2n) is 4.66. The molecule has 1 saturated heterocycles. The zero-order valence-corrected chi connectivity index (χ0v) is 11.1. The molecule has 0 atom stereocenters. The maximum Gasteiger partial charge on any atom is 0.130 e. The van der Waals surface area contributed by atoms with Gasteiger partial charge in [-0.2, -0.15) is 0 Å². The molecule has 0 unspecified atom stereocenters. The van der Waals surface area contributed by atoms with Gasteiger partial charge in [0.25, 0.3) is 0 Å². The third-order valence-corrected chi connectivity index (χ3v) is 3.62. The molecule has 0 amide bonds. The molecule has 2 aromatic heterocycles. The highest BCUT2D eigenvalue weighted by molar-refractivity contribution is 6.17. The molecule has 3 heterocycles. The van der Waals surface area contributed by atoms with E-state index in [9.17, 15) is 0 Å². The lowest BCUT2D eigenvalue weighted by molar-refractivity contribution is 0.476. The summed E-state index contributed by atoms with van der Waals surface area (Å²) in [5, 5.41) is 2.39. The van der Waals surface area contributed by atoms with Crippen LogP contribution in [0.5, 0.6) is 0 Å². The maximum absolute atomic E-state index is 5.89. The molecule has 1 fully saturated rings. The molecule has 0 spiro atoms. The Labute approximate surface area is 112 Å². The summed E-state index contributed by atoms with van der Waals surface area (Å²) in [5.74, 6) is 1.65. The fourth-order valence-electron chi connectivity index (χ4n) is 2.61. The van der Waals surface area contributed by atoms with Crippen molar-refractivity contribution in [2.24, 2.45) is 0 Å². The summed E-state index contributed by atoms with van der Waals surface area (Å²) >= 11 is 5.89. The average molecular weight is 265 g/mol. The van der Waals surface area contributed by atoms with Crippen LogP contribution in [0.1, 0.15) is 25.1 Å². The molecule has 0 radical (unpaired) electrons. The number of aromatic nitrogens is 3. The molecule has 0 saturated carbocycles. The second-order valence-corrected chi connectivity index (χ2v) is 5.04. The van der Waals surface area contributed by atoms with E-state index in [1.165, 1.54) is 19.3 Å². The number of pyridine rings is 1. The summed E-state index contributed by atoms with van der Waals surface area (Å²) < 4.78 is 2.25. The zero-order chi connectivity index (χ0) is 12.4. The number of imidazole rings is 1. The lowest BCUT2D eigenvalue weighted by Crippen LogP contribution is -2.40. The quantitative estimate of drug-likeness (QED) is 0.798. The predicted octanol–water partition coefficient (Wildman–Crippen LogP) is 2.33. The van der Waals surface area contributed by atoms with E-state index >= 15 is 0 Å². The first-order valence-corrected chi connectivity index (χ1v) is 7.06. The first kappa shape index (κ1) is 11.8. The largest absolute Gasteiger partial charge is 0.311 e. The third-order valence-electron chi connectivity index (χ3n) is 3.43. The minimum Gasteiger partial charge on any atom is -0.311 e. The summed E-state index contributed by atoms with van der Waals surface area (Å²) in [4.78, 5) is 8.80. The van der Waals surface area contributed by atoms with E-state index in [1.54, 1.807) is 0 Å². The lowest BCUT2D eigenvalue weighted by atomic mass is 10.2. The summed E-state index contributed by atoms with van der Waals surface area (Å²) in [6, 6.07) is 2.04. The van der Waals surface area contributed by atoms with Crippen molar-refractivity contribution >= 4 is 22.6 Å². The van der Waals surface area contributed by atoms with Crippen molar-refractivity contribution < 1.29 is 0 Å². The molecule has 1 aliphatic heterocycles. The van der Waals surface area contributed by atoms with Crippen LogP contribution in [0.15, 0.2) is 18.5 Å². The third kappa shape index (κ3) is 2.05. The molecule has 5 heteroatoms. The van der Waals surface area contributed by atoms with Gasteiger partial charge in [-0.1, -0.05) is 0 Å². The van der Waals surface area contributed by atoms with E-state index in [0.717, 1.165) is 36.4 Å². The molecule has 1 aliphatic rings. The minimum atomic E-state index is 0.602. The zero-order valence-electron chi connectivity index (χ0n) is 10.3. The van der Waals surface area contributed by atoms with Gasteiger partial charge in [0.2, 0.25) is 0 Å². The van der Waals surface area contributed by atoms with Crippen molar-refractivity contribution in [1.29, 1.82) is 0 Å². The van der Waals surface area contributed by atoms with Crippen molar-refractivity contribution in [2.45, 2.75) is 25.7 Å². The number of fused-ring (bicyclic) bond motifs is 1. The van der Waals surface area contributed by atoms with Gasteiger partial charge in [0.05, 0.1) is 11.7 Å².